The lowest BCUT2D eigenvalue weighted by Crippen LogP contribution is -2.22. The van der Waals surface area contributed by atoms with Crippen LogP contribution in [-0.2, 0) is 6.42 Å². The summed E-state index contributed by atoms with van der Waals surface area (Å²) in [6, 6.07) is 10.00. The molecule has 0 saturated carbocycles. The summed E-state index contributed by atoms with van der Waals surface area (Å²) >= 11 is 5.11. The van der Waals surface area contributed by atoms with Crippen LogP contribution < -0.4 is 4.74 Å². The molecule has 1 aromatic carbocycles. The standard InChI is InChI=1S/C14H13BrO2S/c1-8-6-10(15)14(18-8)13(16)12-7-9-4-2-3-5-11(9)17-12/h2-6,12-13,16H,7H2,1H3. The lowest BCUT2D eigenvalue weighted by Gasteiger charge is -2.17. The van der Waals surface area contributed by atoms with E-state index in [1.807, 2.05) is 31.2 Å². The highest BCUT2D eigenvalue weighted by Gasteiger charge is 2.31. The minimum absolute atomic E-state index is 0.184. The van der Waals surface area contributed by atoms with Gasteiger partial charge in [-0.1, -0.05) is 18.2 Å². The van der Waals surface area contributed by atoms with Crippen LogP contribution in [0.1, 0.15) is 21.4 Å². The molecule has 94 valence electrons. The summed E-state index contributed by atoms with van der Waals surface area (Å²) in [6.45, 7) is 2.04. The summed E-state index contributed by atoms with van der Waals surface area (Å²) in [7, 11) is 0. The van der Waals surface area contributed by atoms with E-state index in [9.17, 15) is 5.11 Å². The molecular weight excluding hydrogens is 312 g/mol. The topological polar surface area (TPSA) is 29.5 Å². The van der Waals surface area contributed by atoms with Crippen LogP contribution in [0.5, 0.6) is 5.75 Å². The number of para-hydroxylation sites is 1. The van der Waals surface area contributed by atoms with Crippen molar-refractivity contribution >= 4 is 27.3 Å². The predicted octanol–water partition coefficient (Wildman–Crippen LogP) is 3.86. The Bertz CT molecular complexity index is 554. The van der Waals surface area contributed by atoms with Gasteiger partial charge >= 0.3 is 0 Å². The van der Waals surface area contributed by atoms with E-state index in [2.05, 4.69) is 22.0 Å². The molecule has 1 aromatic heterocycles. The zero-order valence-corrected chi connectivity index (χ0v) is 12.3. The fourth-order valence-corrected chi connectivity index (χ4v) is 4.18. The Morgan fingerprint density at radius 2 is 2.22 bits per heavy atom. The van der Waals surface area contributed by atoms with Gasteiger partial charge in [0.1, 0.15) is 18.0 Å². The third kappa shape index (κ3) is 2.09. The molecule has 1 N–H and O–H groups in total. The van der Waals surface area contributed by atoms with Crippen LogP contribution in [0.2, 0.25) is 0 Å². The SMILES string of the molecule is Cc1cc(Br)c(C(O)C2Cc3ccccc3O2)s1. The third-order valence-electron chi connectivity index (χ3n) is 3.13. The number of ether oxygens (including phenoxy) is 1. The first-order valence-electron chi connectivity index (χ1n) is 5.83. The fraction of sp³-hybridized carbons (Fsp3) is 0.286. The van der Waals surface area contributed by atoms with Crippen molar-refractivity contribution in [3.8, 4) is 5.75 Å². The van der Waals surface area contributed by atoms with E-state index in [0.29, 0.717) is 0 Å². The number of aryl methyl sites for hydroxylation is 1. The molecule has 3 rings (SSSR count). The minimum Gasteiger partial charge on any atom is -0.487 e. The molecule has 4 heteroatoms. The first kappa shape index (κ1) is 12.2. The minimum atomic E-state index is -0.578. The summed E-state index contributed by atoms with van der Waals surface area (Å²) in [6.07, 6.45) is 0.00278. The molecule has 0 aliphatic carbocycles. The molecule has 18 heavy (non-hydrogen) atoms. The second kappa shape index (κ2) is 4.68. The summed E-state index contributed by atoms with van der Waals surface area (Å²) in [4.78, 5) is 2.14. The number of halogens is 1. The van der Waals surface area contributed by atoms with Crippen molar-refractivity contribution in [1.29, 1.82) is 0 Å². The van der Waals surface area contributed by atoms with E-state index in [1.54, 1.807) is 11.3 Å². The molecule has 1 aliphatic rings. The molecule has 2 unspecified atom stereocenters. The van der Waals surface area contributed by atoms with Gasteiger partial charge in [-0.3, -0.25) is 0 Å². The van der Waals surface area contributed by atoms with Crippen LogP contribution in [0.15, 0.2) is 34.8 Å². The smallest absolute Gasteiger partial charge is 0.134 e. The highest BCUT2D eigenvalue weighted by atomic mass is 79.9. The Morgan fingerprint density at radius 1 is 1.44 bits per heavy atom. The van der Waals surface area contributed by atoms with Crippen LogP contribution in [0, 0.1) is 6.92 Å². The second-order valence-electron chi connectivity index (χ2n) is 4.48. The van der Waals surface area contributed by atoms with Gasteiger partial charge in [0.25, 0.3) is 0 Å². The van der Waals surface area contributed by atoms with Gasteiger partial charge in [-0.05, 0) is 40.5 Å². The first-order chi connectivity index (χ1) is 8.65. The van der Waals surface area contributed by atoms with Gasteiger partial charge in [-0.25, -0.2) is 0 Å². The number of hydrogen-bond acceptors (Lipinski definition) is 3. The van der Waals surface area contributed by atoms with Crippen molar-refractivity contribution in [3.05, 3.63) is 50.1 Å². The van der Waals surface area contributed by atoms with Crippen molar-refractivity contribution in [2.75, 3.05) is 0 Å². The molecule has 2 aromatic rings. The molecule has 2 atom stereocenters. The fourth-order valence-electron chi connectivity index (χ4n) is 2.26. The van der Waals surface area contributed by atoms with Crippen molar-refractivity contribution in [2.24, 2.45) is 0 Å². The van der Waals surface area contributed by atoms with Crippen molar-refractivity contribution in [3.63, 3.8) is 0 Å². The maximum atomic E-state index is 10.4. The normalized spacial score (nSPS) is 19.4. The van der Waals surface area contributed by atoms with Crippen LogP contribution >= 0.6 is 27.3 Å². The van der Waals surface area contributed by atoms with Gasteiger partial charge < -0.3 is 9.84 Å². The summed E-state index contributed by atoms with van der Waals surface area (Å²) in [5.74, 6) is 0.894. The molecule has 0 bridgehead atoms. The van der Waals surface area contributed by atoms with Crippen LogP contribution in [0.3, 0.4) is 0 Å². The third-order valence-corrected chi connectivity index (χ3v) is 5.17. The number of aliphatic hydroxyl groups excluding tert-OH is 1. The molecule has 1 aliphatic heterocycles. The Labute approximate surface area is 118 Å². The van der Waals surface area contributed by atoms with Crippen molar-refractivity contribution in [2.45, 2.75) is 25.6 Å². The van der Waals surface area contributed by atoms with Gasteiger partial charge in [0.15, 0.2) is 0 Å². The molecule has 2 nitrogen and oxygen atoms in total. The highest BCUT2D eigenvalue weighted by molar-refractivity contribution is 9.10. The molecule has 0 saturated heterocycles. The van der Waals surface area contributed by atoms with Crippen molar-refractivity contribution in [1.82, 2.24) is 0 Å². The number of rotatable bonds is 2. The second-order valence-corrected chi connectivity index (χ2v) is 6.62. The number of aliphatic hydroxyl groups is 1. The van der Waals surface area contributed by atoms with E-state index >= 15 is 0 Å². The molecule has 2 heterocycles. The summed E-state index contributed by atoms with van der Waals surface area (Å²) < 4.78 is 6.79. The maximum Gasteiger partial charge on any atom is 0.134 e. The zero-order chi connectivity index (χ0) is 12.7. The number of benzene rings is 1. The largest absolute Gasteiger partial charge is 0.487 e. The van der Waals surface area contributed by atoms with Crippen molar-refractivity contribution < 1.29 is 9.84 Å². The van der Waals surface area contributed by atoms with Crippen LogP contribution in [0.4, 0.5) is 0 Å². The van der Waals surface area contributed by atoms with Crippen LogP contribution in [0.25, 0.3) is 0 Å². The van der Waals surface area contributed by atoms with E-state index in [4.69, 9.17) is 4.74 Å². The average Bonchev–Trinajstić information content (AvgIpc) is 2.91. The Kier molecular flexibility index (Phi) is 3.18. The Morgan fingerprint density at radius 3 is 2.89 bits per heavy atom. The van der Waals surface area contributed by atoms with Gasteiger partial charge in [0, 0.05) is 15.8 Å². The summed E-state index contributed by atoms with van der Waals surface area (Å²) in [5.41, 5.74) is 1.17. The van der Waals surface area contributed by atoms with Gasteiger partial charge in [0.2, 0.25) is 0 Å². The van der Waals surface area contributed by atoms with Gasteiger partial charge in [-0.15, -0.1) is 11.3 Å². The quantitative estimate of drug-likeness (QED) is 0.909. The monoisotopic (exact) mass is 324 g/mol. The lowest BCUT2D eigenvalue weighted by molar-refractivity contribution is 0.0512. The molecular formula is C14H13BrO2S. The Hall–Kier alpha value is -0.840. The van der Waals surface area contributed by atoms with Crippen LogP contribution in [-0.4, -0.2) is 11.2 Å². The van der Waals surface area contributed by atoms with E-state index in [0.717, 1.165) is 21.5 Å². The number of thiophene rings is 1. The molecule has 0 spiro atoms. The Balaban J connectivity index is 1.84. The summed E-state index contributed by atoms with van der Waals surface area (Å²) in [5, 5.41) is 10.4. The van der Waals surface area contributed by atoms with Gasteiger partial charge in [0.05, 0.1) is 4.88 Å². The zero-order valence-electron chi connectivity index (χ0n) is 9.89. The highest BCUT2D eigenvalue weighted by Crippen LogP contribution is 2.39. The molecule has 0 fully saturated rings. The lowest BCUT2D eigenvalue weighted by atomic mass is 10.1. The number of fused-ring (bicyclic) bond motifs is 1. The van der Waals surface area contributed by atoms with Gasteiger partial charge in [-0.2, -0.15) is 0 Å². The maximum absolute atomic E-state index is 10.4. The van der Waals surface area contributed by atoms with E-state index < -0.39 is 6.10 Å². The average molecular weight is 325 g/mol. The first-order valence-corrected chi connectivity index (χ1v) is 7.44. The molecule has 0 amide bonds. The number of hydrogen-bond donors (Lipinski definition) is 1. The predicted molar refractivity (Wildman–Crippen MR) is 76.3 cm³/mol. The van der Waals surface area contributed by atoms with E-state index in [-0.39, 0.29) is 6.10 Å². The molecule has 0 radical (unpaired) electrons. The van der Waals surface area contributed by atoms with E-state index in [1.165, 1.54) is 10.4 Å².